The molecule has 2 heterocycles. The van der Waals surface area contributed by atoms with Crippen molar-refractivity contribution in [3.8, 4) is 28.7 Å². The van der Waals surface area contributed by atoms with Crippen LogP contribution in [-0.2, 0) is 0 Å². The number of fused-ring (bicyclic) bond motifs is 3. The molecule has 1 aliphatic heterocycles. The van der Waals surface area contributed by atoms with Crippen molar-refractivity contribution >= 4 is 22.6 Å². The molecule has 0 bridgehead atoms. The molecule has 5 rings (SSSR count). The number of halogens is 1. The number of urea groups is 1. The highest BCUT2D eigenvalue weighted by Gasteiger charge is 2.24. The van der Waals surface area contributed by atoms with E-state index in [0.717, 1.165) is 0 Å². The van der Waals surface area contributed by atoms with Crippen molar-refractivity contribution < 1.29 is 28.1 Å². The van der Waals surface area contributed by atoms with E-state index in [4.69, 9.17) is 18.9 Å². The molecule has 2 N–H and O–H groups in total. The van der Waals surface area contributed by atoms with Crippen LogP contribution >= 0.6 is 0 Å². The summed E-state index contributed by atoms with van der Waals surface area (Å²) < 4.78 is 37.6. The van der Waals surface area contributed by atoms with E-state index in [1.54, 1.807) is 61.7 Å². The van der Waals surface area contributed by atoms with Gasteiger partial charge in [-0.1, -0.05) is 18.2 Å². The minimum absolute atomic E-state index is 0.368. The van der Waals surface area contributed by atoms with Gasteiger partial charge < -0.3 is 29.6 Å². The number of aromatic nitrogens is 1. The fourth-order valence-electron chi connectivity index (χ4n) is 4.12. The van der Waals surface area contributed by atoms with Crippen LogP contribution in [0.5, 0.6) is 28.7 Å². The molecule has 0 aliphatic carbocycles. The van der Waals surface area contributed by atoms with Crippen LogP contribution < -0.4 is 29.6 Å². The molecular weight excluding hydrogens is 477 g/mol. The third-order valence-corrected chi connectivity index (χ3v) is 5.80. The number of hydrogen-bond acceptors (Lipinski definition) is 6. The second kappa shape index (κ2) is 10.6. The van der Waals surface area contributed by atoms with Crippen LogP contribution in [-0.4, -0.2) is 30.8 Å². The highest BCUT2D eigenvalue weighted by molar-refractivity contribution is 5.95. The van der Waals surface area contributed by atoms with E-state index in [1.165, 1.54) is 6.07 Å². The number of carbonyl (C=O) groups is 1. The number of anilines is 1. The molecule has 8 nitrogen and oxygen atoms in total. The van der Waals surface area contributed by atoms with Gasteiger partial charge in [0.05, 0.1) is 23.6 Å². The predicted molar refractivity (Wildman–Crippen MR) is 137 cm³/mol. The first kappa shape index (κ1) is 24.2. The molecule has 190 valence electrons. The standard InChI is InChI=1S/C28H26FN3O5/c1-3-34-24-16-22-25(27-26(24)35-14-15-36-27)23(12-13-30-22)37-19-10-8-18(9-11-19)32-28(33)31-17(2)20-6-4-5-7-21(20)29/h4-13,16-17H,3,14-15H2,1-2H3,(H2,31,32,33). The van der Waals surface area contributed by atoms with Gasteiger partial charge in [0, 0.05) is 23.5 Å². The molecule has 9 heteroatoms. The lowest BCUT2D eigenvalue weighted by molar-refractivity contribution is 0.165. The second-order valence-corrected chi connectivity index (χ2v) is 8.33. The van der Waals surface area contributed by atoms with Crippen molar-refractivity contribution in [2.45, 2.75) is 19.9 Å². The van der Waals surface area contributed by atoms with Gasteiger partial charge >= 0.3 is 6.03 Å². The quantitative estimate of drug-likeness (QED) is 0.311. The zero-order valence-electron chi connectivity index (χ0n) is 20.4. The lowest BCUT2D eigenvalue weighted by atomic mass is 10.1. The molecule has 0 saturated carbocycles. The summed E-state index contributed by atoms with van der Waals surface area (Å²) in [6, 6.07) is 15.9. The Morgan fingerprint density at radius 3 is 2.57 bits per heavy atom. The number of rotatable bonds is 7. The maximum Gasteiger partial charge on any atom is 0.319 e. The molecule has 2 amide bonds. The Bertz CT molecular complexity index is 1430. The smallest absolute Gasteiger partial charge is 0.319 e. The summed E-state index contributed by atoms with van der Waals surface area (Å²) in [6.45, 7) is 4.94. The van der Waals surface area contributed by atoms with Gasteiger partial charge in [0.2, 0.25) is 5.75 Å². The lowest BCUT2D eigenvalue weighted by Gasteiger charge is -2.23. The molecule has 0 radical (unpaired) electrons. The summed E-state index contributed by atoms with van der Waals surface area (Å²) >= 11 is 0. The summed E-state index contributed by atoms with van der Waals surface area (Å²) in [7, 11) is 0. The minimum Gasteiger partial charge on any atom is -0.490 e. The largest absolute Gasteiger partial charge is 0.490 e. The molecule has 3 aromatic carbocycles. The van der Waals surface area contributed by atoms with Crippen LogP contribution in [0.2, 0.25) is 0 Å². The molecule has 0 spiro atoms. The highest BCUT2D eigenvalue weighted by atomic mass is 19.1. The van der Waals surface area contributed by atoms with Crippen molar-refractivity contribution in [2.75, 3.05) is 25.1 Å². The topological polar surface area (TPSA) is 90.9 Å². The first-order valence-corrected chi connectivity index (χ1v) is 12.0. The predicted octanol–water partition coefficient (Wildman–Crippen LogP) is 6.22. The normalized spacial score (nSPS) is 13.1. The van der Waals surface area contributed by atoms with Gasteiger partial charge in [0.25, 0.3) is 0 Å². The van der Waals surface area contributed by atoms with Crippen molar-refractivity contribution in [1.29, 1.82) is 0 Å². The van der Waals surface area contributed by atoms with Crippen LogP contribution in [0.15, 0.2) is 66.9 Å². The molecule has 37 heavy (non-hydrogen) atoms. The van der Waals surface area contributed by atoms with E-state index in [0.29, 0.717) is 70.7 Å². The molecule has 0 fully saturated rings. The average Bonchev–Trinajstić information content (AvgIpc) is 2.90. The van der Waals surface area contributed by atoms with Crippen molar-refractivity contribution in [1.82, 2.24) is 10.3 Å². The Morgan fingerprint density at radius 1 is 1.05 bits per heavy atom. The van der Waals surface area contributed by atoms with Gasteiger partial charge in [-0.2, -0.15) is 0 Å². The van der Waals surface area contributed by atoms with Crippen LogP contribution in [0.25, 0.3) is 10.9 Å². The first-order valence-electron chi connectivity index (χ1n) is 12.0. The zero-order chi connectivity index (χ0) is 25.8. The summed E-state index contributed by atoms with van der Waals surface area (Å²) in [5, 5.41) is 6.18. The first-order chi connectivity index (χ1) is 18.0. The second-order valence-electron chi connectivity index (χ2n) is 8.33. The Balaban J connectivity index is 1.32. The van der Waals surface area contributed by atoms with Crippen LogP contribution in [0, 0.1) is 5.82 Å². The molecule has 4 aromatic rings. The number of hydrogen-bond donors (Lipinski definition) is 2. The highest BCUT2D eigenvalue weighted by Crippen LogP contribution is 2.48. The Labute approximate surface area is 213 Å². The lowest BCUT2D eigenvalue weighted by Crippen LogP contribution is -2.31. The Morgan fingerprint density at radius 2 is 1.81 bits per heavy atom. The van der Waals surface area contributed by atoms with E-state index < -0.39 is 12.1 Å². The van der Waals surface area contributed by atoms with Gasteiger partial charge in [-0.05, 0) is 50.2 Å². The van der Waals surface area contributed by atoms with Gasteiger partial charge in [-0.3, -0.25) is 4.98 Å². The van der Waals surface area contributed by atoms with E-state index in [1.807, 2.05) is 13.0 Å². The monoisotopic (exact) mass is 503 g/mol. The third kappa shape index (κ3) is 5.20. The number of nitrogens with one attached hydrogen (secondary N) is 2. The van der Waals surface area contributed by atoms with Gasteiger partial charge in [-0.25, -0.2) is 9.18 Å². The van der Waals surface area contributed by atoms with Crippen LogP contribution in [0.4, 0.5) is 14.9 Å². The maximum atomic E-state index is 14.0. The summed E-state index contributed by atoms with van der Waals surface area (Å²) in [5.74, 6) is 2.38. The van der Waals surface area contributed by atoms with E-state index in [2.05, 4.69) is 15.6 Å². The van der Waals surface area contributed by atoms with Crippen LogP contribution in [0.1, 0.15) is 25.5 Å². The van der Waals surface area contributed by atoms with Gasteiger partial charge in [0.1, 0.15) is 30.5 Å². The molecular formula is C28H26FN3O5. The Kier molecular flexibility index (Phi) is 6.93. The van der Waals surface area contributed by atoms with E-state index in [-0.39, 0.29) is 5.82 Å². The molecule has 0 saturated heterocycles. The third-order valence-electron chi connectivity index (χ3n) is 5.80. The minimum atomic E-state index is -0.496. The van der Waals surface area contributed by atoms with Gasteiger partial charge in [-0.15, -0.1) is 0 Å². The molecule has 1 unspecified atom stereocenters. The number of amides is 2. The van der Waals surface area contributed by atoms with Crippen molar-refractivity contribution in [2.24, 2.45) is 0 Å². The van der Waals surface area contributed by atoms with E-state index >= 15 is 0 Å². The fraction of sp³-hybridized carbons (Fsp3) is 0.214. The summed E-state index contributed by atoms with van der Waals surface area (Å²) in [4.78, 5) is 16.9. The average molecular weight is 504 g/mol. The number of benzene rings is 3. The number of pyridine rings is 1. The summed E-state index contributed by atoms with van der Waals surface area (Å²) in [6.07, 6.45) is 1.65. The number of carbonyl (C=O) groups excluding carboxylic acids is 1. The molecule has 1 aliphatic rings. The number of ether oxygens (including phenoxy) is 4. The zero-order valence-corrected chi connectivity index (χ0v) is 20.4. The Hall–Kier alpha value is -4.53. The van der Waals surface area contributed by atoms with E-state index in [9.17, 15) is 9.18 Å². The molecule has 1 atom stereocenters. The van der Waals surface area contributed by atoms with Gasteiger partial charge in [0.15, 0.2) is 11.5 Å². The van der Waals surface area contributed by atoms with Crippen LogP contribution in [0.3, 0.4) is 0 Å². The summed E-state index contributed by atoms with van der Waals surface area (Å²) in [5.41, 5.74) is 1.63. The SMILES string of the molecule is CCOc1cc2nccc(Oc3ccc(NC(=O)NC(C)c4ccccc4F)cc3)c2c2c1OCCO2. The number of nitrogens with zero attached hydrogens (tertiary/aromatic N) is 1. The van der Waals surface area contributed by atoms with Crippen molar-refractivity contribution in [3.63, 3.8) is 0 Å². The molecule has 1 aromatic heterocycles. The fourth-order valence-corrected chi connectivity index (χ4v) is 4.12. The van der Waals surface area contributed by atoms with Crippen molar-refractivity contribution in [3.05, 3.63) is 78.2 Å². The maximum absolute atomic E-state index is 14.0.